The number of hydrogen-bond donors (Lipinski definition) is 2. The molecular weight excluding hydrogens is 437 g/mol. The first-order valence-corrected chi connectivity index (χ1v) is 10.2. The minimum atomic E-state index is -4.02. The Morgan fingerprint density at radius 1 is 1.18 bits per heavy atom. The molecule has 3 rings (SSSR count). The predicted octanol–water partition coefficient (Wildman–Crippen LogP) is 3.28. The molecule has 11 heteroatoms. The monoisotopic (exact) mass is 450 g/mol. The molecule has 0 bridgehead atoms. The van der Waals surface area contributed by atoms with Crippen LogP contribution in [0, 0.1) is 11.6 Å². The maximum atomic E-state index is 13.4. The van der Waals surface area contributed by atoms with E-state index in [2.05, 4.69) is 5.32 Å². The van der Waals surface area contributed by atoms with Gasteiger partial charge >= 0.3 is 0 Å². The van der Waals surface area contributed by atoms with Gasteiger partial charge in [0.05, 0.1) is 16.1 Å². The molecule has 1 aliphatic rings. The number of amides is 1. The van der Waals surface area contributed by atoms with Crippen LogP contribution in [0.5, 0.6) is 0 Å². The number of sulfonamides is 1. The zero-order valence-corrected chi connectivity index (χ0v) is 16.5. The minimum absolute atomic E-state index is 0.0661. The first-order valence-electron chi connectivity index (χ1n) is 8.03. The number of rotatable bonds is 4. The average Bonchev–Trinajstić information content (AvgIpc) is 3.07. The maximum absolute atomic E-state index is 13.4. The van der Waals surface area contributed by atoms with Gasteiger partial charge in [-0.15, -0.1) is 0 Å². The molecule has 0 aliphatic carbocycles. The molecule has 1 saturated heterocycles. The SMILES string of the molecule is O=C(Nc1cc(F)c(F)c(Cl)c1)c1ccc(Cl)c(S(=O)(=O)N2CCC(O)C2)c1. The number of nitrogens with one attached hydrogen (secondary N) is 1. The van der Waals surface area contributed by atoms with Gasteiger partial charge in [-0.3, -0.25) is 4.79 Å². The molecule has 0 radical (unpaired) electrons. The van der Waals surface area contributed by atoms with Crippen LogP contribution in [0.2, 0.25) is 10.0 Å². The standard InChI is InChI=1S/C17H14Cl2F2N2O4S/c18-12-2-1-9(5-15(12)28(26,27)23-4-3-11(24)8-23)17(25)22-10-6-13(19)16(21)14(20)7-10/h1-2,5-7,11,24H,3-4,8H2,(H,22,25). The van der Waals surface area contributed by atoms with E-state index < -0.39 is 38.7 Å². The summed E-state index contributed by atoms with van der Waals surface area (Å²) in [4.78, 5) is 12.1. The van der Waals surface area contributed by atoms with Crippen molar-refractivity contribution in [3.05, 3.63) is 57.6 Å². The lowest BCUT2D eigenvalue weighted by atomic mass is 10.2. The van der Waals surface area contributed by atoms with E-state index in [0.717, 1.165) is 22.5 Å². The molecule has 2 N–H and O–H groups in total. The second-order valence-electron chi connectivity index (χ2n) is 6.16. The van der Waals surface area contributed by atoms with Gasteiger partial charge in [0.2, 0.25) is 10.0 Å². The molecule has 150 valence electrons. The van der Waals surface area contributed by atoms with Crippen LogP contribution in [0.3, 0.4) is 0 Å². The fourth-order valence-electron chi connectivity index (χ4n) is 2.74. The molecule has 1 atom stereocenters. The molecule has 1 amide bonds. The van der Waals surface area contributed by atoms with Crippen molar-refractivity contribution >= 4 is 44.8 Å². The van der Waals surface area contributed by atoms with Crippen molar-refractivity contribution in [1.82, 2.24) is 4.31 Å². The molecular formula is C17H14Cl2F2N2O4S. The van der Waals surface area contributed by atoms with Crippen LogP contribution in [0.15, 0.2) is 35.2 Å². The third kappa shape index (κ3) is 4.13. The molecule has 6 nitrogen and oxygen atoms in total. The normalized spacial score (nSPS) is 17.7. The Bertz CT molecular complexity index is 1030. The molecule has 0 spiro atoms. The van der Waals surface area contributed by atoms with Crippen LogP contribution in [0.25, 0.3) is 0 Å². The van der Waals surface area contributed by atoms with E-state index in [-0.39, 0.29) is 34.3 Å². The van der Waals surface area contributed by atoms with Crippen LogP contribution in [0.4, 0.5) is 14.5 Å². The Balaban J connectivity index is 1.90. The van der Waals surface area contributed by atoms with Gasteiger partial charge in [0.1, 0.15) is 4.90 Å². The zero-order chi connectivity index (χ0) is 20.6. The summed E-state index contributed by atoms with van der Waals surface area (Å²) in [6.45, 7) is 0.0616. The van der Waals surface area contributed by atoms with Crippen LogP contribution in [-0.2, 0) is 10.0 Å². The number of hydrogen-bond acceptors (Lipinski definition) is 4. The smallest absolute Gasteiger partial charge is 0.255 e. The summed E-state index contributed by atoms with van der Waals surface area (Å²) in [5.41, 5.74) is -0.167. The number of halogens is 4. The second-order valence-corrected chi connectivity index (χ2v) is 8.88. The van der Waals surface area contributed by atoms with Crippen molar-refractivity contribution in [2.45, 2.75) is 17.4 Å². The molecule has 2 aromatic rings. The van der Waals surface area contributed by atoms with Crippen LogP contribution in [0.1, 0.15) is 16.8 Å². The van der Waals surface area contributed by atoms with E-state index in [1.54, 1.807) is 0 Å². The van der Waals surface area contributed by atoms with Crippen molar-refractivity contribution in [3.63, 3.8) is 0 Å². The largest absolute Gasteiger partial charge is 0.392 e. The molecule has 1 heterocycles. The summed E-state index contributed by atoms with van der Waals surface area (Å²) in [6, 6.07) is 5.39. The van der Waals surface area contributed by atoms with Crippen molar-refractivity contribution < 1.29 is 27.1 Å². The molecule has 0 saturated carbocycles. The van der Waals surface area contributed by atoms with E-state index in [9.17, 15) is 27.1 Å². The van der Waals surface area contributed by atoms with E-state index in [1.165, 1.54) is 12.1 Å². The lowest BCUT2D eigenvalue weighted by molar-refractivity contribution is 0.102. The predicted molar refractivity (Wildman–Crippen MR) is 100 cm³/mol. The maximum Gasteiger partial charge on any atom is 0.255 e. The van der Waals surface area contributed by atoms with Crippen LogP contribution < -0.4 is 5.32 Å². The summed E-state index contributed by atoms with van der Waals surface area (Å²) in [7, 11) is -4.02. The fraction of sp³-hybridized carbons (Fsp3) is 0.235. The third-order valence-corrected chi connectivity index (χ3v) is 6.80. The Labute approximate surface area is 169 Å². The third-order valence-electron chi connectivity index (χ3n) is 4.18. The first-order chi connectivity index (χ1) is 13.1. The van der Waals surface area contributed by atoms with Gasteiger partial charge in [0.25, 0.3) is 5.91 Å². The highest BCUT2D eigenvalue weighted by atomic mass is 35.5. The van der Waals surface area contributed by atoms with Gasteiger partial charge in [-0.25, -0.2) is 17.2 Å². The first kappa shape index (κ1) is 20.9. The number of benzene rings is 2. The van der Waals surface area contributed by atoms with E-state index >= 15 is 0 Å². The number of aliphatic hydroxyl groups is 1. The Morgan fingerprint density at radius 2 is 1.89 bits per heavy atom. The molecule has 1 aliphatic heterocycles. The Kier molecular flexibility index (Phi) is 5.92. The van der Waals surface area contributed by atoms with E-state index in [4.69, 9.17) is 23.2 Å². The highest BCUT2D eigenvalue weighted by Gasteiger charge is 2.33. The average molecular weight is 451 g/mol. The van der Waals surface area contributed by atoms with Gasteiger partial charge in [-0.1, -0.05) is 23.2 Å². The number of aliphatic hydroxyl groups excluding tert-OH is 1. The molecule has 28 heavy (non-hydrogen) atoms. The number of β-amino-alcohol motifs (C(OH)–C–C–N with tert-alkyl or cyclic N) is 1. The fourth-order valence-corrected chi connectivity index (χ4v) is 4.94. The summed E-state index contributed by atoms with van der Waals surface area (Å²) in [5, 5.41) is 11.3. The lowest BCUT2D eigenvalue weighted by Crippen LogP contribution is -2.30. The Hall–Kier alpha value is -1.78. The second kappa shape index (κ2) is 7.92. The minimum Gasteiger partial charge on any atom is -0.392 e. The van der Waals surface area contributed by atoms with Gasteiger partial charge in [0, 0.05) is 30.4 Å². The van der Waals surface area contributed by atoms with Gasteiger partial charge in [-0.05, 0) is 30.7 Å². The van der Waals surface area contributed by atoms with Crippen LogP contribution >= 0.6 is 23.2 Å². The number of nitrogens with zero attached hydrogens (tertiary/aromatic N) is 1. The van der Waals surface area contributed by atoms with E-state index in [0.29, 0.717) is 6.42 Å². The molecule has 1 fully saturated rings. The molecule has 0 aromatic heterocycles. The van der Waals surface area contributed by atoms with Gasteiger partial charge < -0.3 is 10.4 Å². The molecule has 2 aromatic carbocycles. The Morgan fingerprint density at radius 3 is 2.50 bits per heavy atom. The highest BCUT2D eigenvalue weighted by Crippen LogP contribution is 2.29. The summed E-state index contributed by atoms with van der Waals surface area (Å²) < 4.78 is 53.3. The highest BCUT2D eigenvalue weighted by molar-refractivity contribution is 7.89. The van der Waals surface area contributed by atoms with Gasteiger partial charge in [-0.2, -0.15) is 4.31 Å². The summed E-state index contributed by atoms with van der Waals surface area (Å²) in [6.07, 6.45) is -0.466. The quantitative estimate of drug-likeness (QED) is 0.699. The zero-order valence-electron chi connectivity index (χ0n) is 14.1. The summed E-state index contributed by atoms with van der Waals surface area (Å²) in [5.74, 6) is -3.25. The van der Waals surface area contributed by atoms with Gasteiger partial charge in [0.15, 0.2) is 11.6 Å². The summed E-state index contributed by atoms with van der Waals surface area (Å²) >= 11 is 11.6. The van der Waals surface area contributed by atoms with Crippen molar-refractivity contribution in [3.8, 4) is 0 Å². The number of carbonyl (C=O) groups excluding carboxylic acids is 1. The van der Waals surface area contributed by atoms with E-state index in [1.807, 2.05) is 0 Å². The van der Waals surface area contributed by atoms with Crippen molar-refractivity contribution in [2.24, 2.45) is 0 Å². The van der Waals surface area contributed by atoms with Crippen molar-refractivity contribution in [2.75, 3.05) is 18.4 Å². The van der Waals surface area contributed by atoms with Crippen molar-refractivity contribution in [1.29, 1.82) is 0 Å². The topological polar surface area (TPSA) is 86.7 Å². The number of carbonyl (C=O) groups is 1. The molecule has 1 unspecified atom stereocenters. The number of anilines is 1. The van der Waals surface area contributed by atoms with Crippen LogP contribution in [-0.4, -0.2) is 42.9 Å². The lowest BCUT2D eigenvalue weighted by Gasteiger charge is -2.17.